The Balaban J connectivity index is 0.000000488. The number of anilines is 2. The van der Waals surface area contributed by atoms with Crippen LogP contribution in [0, 0.1) is 7.14 Å². The molecule has 0 saturated carbocycles. The number of hydrogen-bond donors (Lipinski definition) is 0. The lowest BCUT2D eigenvalue weighted by molar-refractivity contribution is -0.0334. The maximum atomic E-state index is 11.7. The highest BCUT2D eigenvalue weighted by atomic mass is 127. The number of methoxy groups -OCH3 is 1. The number of aromatic nitrogens is 3. The van der Waals surface area contributed by atoms with Gasteiger partial charge in [0, 0.05) is 28.2 Å². The summed E-state index contributed by atoms with van der Waals surface area (Å²) in [6.45, 7) is 3.11. The summed E-state index contributed by atoms with van der Waals surface area (Å²) in [5, 5.41) is 0. The average molecular weight is 657 g/mol. The number of carbonyl (C=O) groups excluding carboxylic acids is 1. The van der Waals surface area contributed by atoms with Crippen molar-refractivity contribution in [2.24, 2.45) is 0 Å². The first-order valence-electron chi connectivity index (χ1n) is 9.24. The molecule has 31 heavy (non-hydrogen) atoms. The number of carbonyl (C=O) groups is 1. The second-order valence-electron chi connectivity index (χ2n) is 6.59. The average Bonchev–Trinajstić information content (AvgIpc) is 2.76. The topological polar surface area (TPSA) is 99.1 Å². The van der Waals surface area contributed by atoms with Gasteiger partial charge in [0.05, 0.1) is 46.2 Å². The van der Waals surface area contributed by atoms with Crippen molar-refractivity contribution in [2.45, 2.75) is 0 Å². The minimum absolute atomic E-state index is 0.184. The van der Waals surface area contributed by atoms with Gasteiger partial charge in [-0.3, -0.25) is 0 Å². The van der Waals surface area contributed by atoms with Gasteiger partial charge in [-0.15, -0.1) is 0 Å². The lowest BCUT2D eigenvalue weighted by Crippen LogP contribution is -2.19. The SMILES string of the molecule is C1COCCO1.COC(=O)c1cc(I)c(Oc2nc(N(C)C)nc(N(C)C)n2)c(I)c1. The Morgan fingerprint density at radius 2 is 1.35 bits per heavy atom. The monoisotopic (exact) mass is 657 g/mol. The number of ether oxygens (including phenoxy) is 4. The van der Waals surface area contributed by atoms with Crippen LogP contribution in [0.1, 0.15) is 10.4 Å². The molecule has 1 saturated heterocycles. The lowest BCUT2D eigenvalue weighted by atomic mass is 10.2. The molecule has 0 amide bonds. The number of benzene rings is 1. The highest BCUT2D eigenvalue weighted by molar-refractivity contribution is 14.1. The van der Waals surface area contributed by atoms with Crippen LogP contribution in [0.3, 0.4) is 0 Å². The van der Waals surface area contributed by atoms with Gasteiger partial charge in [-0.2, -0.15) is 15.0 Å². The summed E-state index contributed by atoms with van der Waals surface area (Å²) < 4.78 is 22.1. The third kappa shape index (κ3) is 7.84. The van der Waals surface area contributed by atoms with Gasteiger partial charge >= 0.3 is 12.0 Å². The van der Waals surface area contributed by atoms with E-state index in [0.717, 1.165) is 33.6 Å². The van der Waals surface area contributed by atoms with E-state index in [1.165, 1.54) is 7.11 Å². The maximum Gasteiger partial charge on any atom is 0.337 e. The van der Waals surface area contributed by atoms with Crippen molar-refractivity contribution in [3.05, 3.63) is 24.8 Å². The van der Waals surface area contributed by atoms with Crippen molar-refractivity contribution < 1.29 is 23.7 Å². The van der Waals surface area contributed by atoms with Gasteiger partial charge in [-0.05, 0) is 57.3 Å². The van der Waals surface area contributed by atoms with E-state index < -0.39 is 5.97 Å². The predicted octanol–water partition coefficient (Wildman–Crippen LogP) is 2.82. The molecule has 0 atom stereocenters. The van der Waals surface area contributed by atoms with Crippen LogP contribution in [0.4, 0.5) is 11.9 Å². The molecule has 1 fully saturated rings. The molecular formula is C19H25I2N5O5. The molecule has 0 spiro atoms. The first kappa shape index (κ1) is 25.7. The first-order chi connectivity index (χ1) is 14.7. The zero-order chi connectivity index (χ0) is 23.0. The lowest BCUT2D eigenvalue weighted by Gasteiger charge is -2.17. The predicted molar refractivity (Wildman–Crippen MR) is 133 cm³/mol. The fourth-order valence-electron chi connectivity index (χ4n) is 2.21. The van der Waals surface area contributed by atoms with E-state index in [9.17, 15) is 4.79 Å². The summed E-state index contributed by atoms with van der Waals surface area (Å²) in [5.41, 5.74) is 0.460. The van der Waals surface area contributed by atoms with E-state index in [1.54, 1.807) is 21.9 Å². The van der Waals surface area contributed by atoms with Crippen LogP contribution in [0.2, 0.25) is 0 Å². The van der Waals surface area contributed by atoms with E-state index in [1.807, 2.05) is 28.2 Å². The molecule has 2 aromatic rings. The Morgan fingerprint density at radius 1 is 0.903 bits per heavy atom. The zero-order valence-electron chi connectivity index (χ0n) is 18.0. The Kier molecular flexibility index (Phi) is 10.4. The van der Waals surface area contributed by atoms with Crippen molar-refractivity contribution >= 4 is 63.0 Å². The van der Waals surface area contributed by atoms with E-state index in [0.29, 0.717) is 23.2 Å². The summed E-state index contributed by atoms with van der Waals surface area (Å²) in [7, 11) is 8.73. The van der Waals surface area contributed by atoms with E-state index in [-0.39, 0.29) is 6.01 Å². The molecule has 0 N–H and O–H groups in total. The summed E-state index contributed by atoms with van der Waals surface area (Å²) in [5.74, 6) is 1.16. The molecule has 0 bridgehead atoms. The first-order valence-corrected chi connectivity index (χ1v) is 11.4. The quantitative estimate of drug-likeness (QED) is 0.353. The number of hydrogen-bond acceptors (Lipinski definition) is 10. The van der Waals surface area contributed by atoms with Gasteiger partial charge in [0.2, 0.25) is 11.9 Å². The van der Waals surface area contributed by atoms with Crippen LogP contribution in [-0.4, -0.2) is 82.6 Å². The minimum Gasteiger partial charge on any atom is -0.465 e. The van der Waals surface area contributed by atoms with Crippen molar-refractivity contribution in [3.8, 4) is 11.8 Å². The van der Waals surface area contributed by atoms with Gasteiger partial charge in [0.1, 0.15) is 0 Å². The van der Waals surface area contributed by atoms with Crippen molar-refractivity contribution in [1.82, 2.24) is 15.0 Å². The molecule has 0 aliphatic carbocycles. The largest absolute Gasteiger partial charge is 0.465 e. The molecule has 10 nitrogen and oxygen atoms in total. The maximum absolute atomic E-state index is 11.7. The van der Waals surface area contributed by atoms with Crippen LogP contribution in [0.25, 0.3) is 0 Å². The second-order valence-corrected chi connectivity index (χ2v) is 8.92. The second kappa shape index (κ2) is 12.5. The summed E-state index contributed by atoms with van der Waals surface area (Å²) in [6, 6.07) is 3.58. The Hall–Kier alpha value is -1.52. The number of halogens is 2. The van der Waals surface area contributed by atoms with Crippen LogP contribution >= 0.6 is 45.2 Å². The van der Waals surface area contributed by atoms with E-state index >= 15 is 0 Å². The van der Waals surface area contributed by atoms with Crippen molar-refractivity contribution in [2.75, 3.05) is 71.5 Å². The molecule has 1 aliphatic rings. The molecule has 1 aromatic heterocycles. The van der Waals surface area contributed by atoms with Crippen LogP contribution in [0.15, 0.2) is 12.1 Å². The Morgan fingerprint density at radius 3 is 1.71 bits per heavy atom. The third-order valence-corrected chi connectivity index (χ3v) is 5.35. The van der Waals surface area contributed by atoms with Gasteiger partial charge < -0.3 is 28.7 Å². The fourth-order valence-corrected chi connectivity index (χ4v) is 4.19. The number of esters is 1. The van der Waals surface area contributed by atoms with E-state index in [2.05, 4.69) is 60.1 Å². The van der Waals surface area contributed by atoms with Gasteiger partial charge in [0.15, 0.2) is 5.75 Å². The number of rotatable bonds is 5. The van der Waals surface area contributed by atoms with Crippen molar-refractivity contribution in [3.63, 3.8) is 0 Å². The van der Waals surface area contributed by atoms with E-state index in [4.69, 9.17) is 18.9 Å². The van der Waals surface area contributed by atoms with Gasteiger partial charge in [-0.1, -0.05) is 0 Å². The minimum atomic E-state index is -0.396. The highest BCUT2D eigenvalue weighted by Crippen LogP contribution is 2.32. The van der Waals surface area contributed by atoms with Crippen LogP contribution in [-0.2, 0) is 14.2 Å². The van der Waals surface area contributed by atoms with Crippen molar-refractivity contribution in [1.29, 1.82) is 0 Å². The number of nitrogens with zero attached hydrogens (tertiary/aromatic N) is 5. The Labute approximate surface area is 208 Å². The summed E-state index contributed by atoms with van der Waals surface area (Å²) in [4.78, 5) is 28.3. The van der Waals surface area contributed by atoms with Crippen LogP contribution in [0.5, 0.6) is 11.8 Å². The standard InChI is InChI=1S/C15H17I2N5O3.C4H8O2/c1-21(2)13-18-14(22(3)4)20-15(19-13)25-11-9(16)6-8(7-10(11)17)12(23)24-5;1-2-6-4-3-5-1/h6-7H,1-5H3;1-4H2. The van der Waals surface area contributed by atoms with Gasteiger partial charge in [0.25, 0.3) is 0 Å². The molecule has 1 aliphatic heterocycles. The molecule has 0 radical (unpaired) electrons. The third-order valence-electron chi connectivity index (χ3n) is 3.75. The fraction of sp³-hybridized carbons (Fsp3) is 0.474. The molecule has 12 heteroatoms. The normalized spacial score (nSPS) is 13.0. The molecular weight excluding hydrogens is 632 g/mol. The zero-order valence-corrected chi connectivity index (χ0v) is 22.3. The molecule has 2 heterocycles. The molecule has 0 unspecified atom stereocenters. The Bertz CT molecular complexity index is 833. The van der Waals surface area contributed by atoms with Crippen LogP contribution < -0.4 is 14.5 Å². The highest BCUT2D eigenvalue weighted by Gasteiger charge is 2.17. The van der Waals surface area contributed by atoms with Gasteiger partial charge in [-0.25, -0.2) is 4.79 Å². The molecule has 1 aromatic carbocycles. The molecule has 3 rings (SSSR count). The summed E-state index contributed by atoms with van der Waals surface area (Å²) in [6.07, 6.45) is 0. The smallest absolute Gasteiger partial charge is 0.337 e. The summed E-state index contributed by atoms with van der Waals surface area (Å²) >= 11 is 4.21. The molecule has 170 valence electrons.